The van der Waals surface area contributed by atoms with Crippen molar-refractivity contribution < 1.29 is 14.2 Å². The van der Waals surface area contributed by atoms with Crippen molar-refractivity contribution in [2.24, 2.45) is 4.99 Å². The molecule has 2 fully saturated rings. The summed E-state index contributed by atoms with van der Waals surface area (Å²) in [7, 11) is 1.72. The first-order valence-electron chi connectivity index (χ1n) is 11.8. The number of guanidine groups is 1. The van der Waals surface area contributed by atoms with Crippen LogP contribution in [0.2, 0.25) is 0 Å². The second-order valence-electron chi connectivity index (χ2n) is 8.11. The van der Waals surface area contributed by atoms with Crippen LogP contribution in [0.15, 0.2) is 29.3 Å². The lowest BCUT2D eigenvalue weighted by Gasteiger charge is -2.37. The minimum atomic E-state index is 0. The first-order valence-corrected chi connectivity index (χ1v) is 11.8. The Morgan fingerprint density at radius 3 is 2.66 bits per heavy atom. The Labute approximate surface area is 210 Å². The van der Waals surface area contributed by atoms with E-state index in [4.69, 9.17) is 19.2 Å². The van der Waals surface area contributed by atoms with Crippen LogP contribution in [0.3, 0.4) is 0 Å². The molecule has 1 aromatic carbocycles. The van der Waals surface area contributed by atoms with Gasteiger partial charge in [0.2, 0.25) is 0 Å². The molecule has 182 valence electrons. The molecule has 32 heavy (non-hydrogen) atoms. The molecular formula is C24H41IN4O3. The molecule has 2 saturated heterocycles. The van der Waals surface area contributed by atoms with Crippen LogP contribution in [-0.2, 0) is 9.47 Å². The normalized spacial score (nSPS) is 22.5. The maximum Gasteiger partial charge on any atom is 0.194 e. The molecule has 3 rings (SSSR count). The summed E-state index contributed by atoms with van der Waals surface area (Å²) < 4.78 is 17.4. The van der Waals surface area contributed by atoms with Crippen LogP contribution in [-0.4, -0.2) is 87.6 Å². The monoisotopic (exact) mass is 560 g/mol. The van der Waals surface area contributed by atoms with Gasteiger partial charge in [0.25, 0.3) is 0 Å². The molecule has 0 bridgehead atoms. The molecule has 8 heteroatoms. The molecule has 1 aromatic rings. The molecule has 2 heterocycles. The van der Waals surface area contributed by atoms with Gasteiger partial charge in [0, 0.05) is 26.2 Å². The van der Waals surface area contributed by atoms with Gasteiger partial charge in [-0.05, 0) is 50.6 Å². The molecule has 0 aliphatic carbocycles. The Morgan fingerprint density at radius 2 is 2.00 bits per heavy atom. The number of nitrogens with zero attached hydrogens (tertiary/aromatic N) is 3. The summed E-state index contributed by atoms with van der Waals surface area (Å²) in [6.45, 7) is 13.3. The number of benzene rings is 1. The van der Waals surface area contributed by atoms with Gasteiger partial charge >= 0.3 is 0 Å². The summed E-state index contributed by atoms with van der Waals surface area (Å²) in [6, 6.07) is 8.57. The number of methoxy groups -OCH3 is 1. The largest absolute Gasteiger partial charge is 0.497 e. The van der Waals surface area contributed by atoms with Gasteiger partial charge in [0.15, 0.2) is 5.96 Å². The van der Waals surface area contributed by atoms with Crippen LogP contribution in [0.25, 0.3) is 0 Å². The minimum absolute atomic E-state index is 0. The molecule has 1 N–H and O–H groups in total. The smallest absolute Gasteiger partial charge is 0.194 e. The first kappa shape index (κ1) is 27.1. The zero-order valence-corrected chi connectivity index (χ0v) is 22.4. The highest BCUT2D eigenvalue weighted by molar-refractivity contribution is 14.0. The number of morpholine rings is 1. The van der Waals surface area contributed by atoms with Gasteiger partial charge in [-0.2, -0.15) is 0 Å². The number of nitrogens with one attached hydrogen (secondary N) is 1. The summed E-state index contributed by atoms with van der Waals surface area (Å²) in [4.78, 5) is 9.89. The number of rotatable bonds is 9. The summed E-state index contributed by atoms with van der Waals surface area (Å²) in [5.41, 5.74) is 1.24. The van der Waals surface area contributed by atoms with E-state index in [0.717, 1.165) is 63.9 Å². The summed E-state index contributed by atoms with van der Waals surface area (Å²) in [6.07, 6.45) is 2.56. The minimum Gasteiger partial charge on any atom is -0.497 e. The maximum atomic E-state index is 6.04. The van der Waals surface area contributed by atoms with Crippen LogP contribution >= 0.6 is 24.0 Å². The molecule has 0 amide bonds. The number of hydrogen-bond donors (Lipinski definition) is 1. The van der Waals surface area contributed by atoms with E-state index in [1.165, 1.54) is 5.56 Å². The van der Waals surface area contributed by atoms with Crippen LogP contribution < -0.4 is 10.1 Å². The van der Waals surface area contributed by atoms with E-state index in [-0.39, 0.29) is 42.2 Å². The fourth-order valence-corrected chi connectivity index (χ4v) is 4.53. The predicted octanol–water partition coefficient (Wildman–Crippen LogP) is 3.54. The van der Waals surface area contributed by atoms with Gasteiger partial charge in [-0.3, -0.25) is 9.89 Å². The highest BCUT2D eigenvalue weighted by Crippen LogP contribution is 2.25. The van der Waals surface area contributed by atoms with E-state index in [2.05, 4.69) is 54.1 Å². The molecule has 7 nitrogen and oxygen atoms in total. The van der Waals surface area contributed by atoms with Gasteiger partial charge in [-0.25, -0.2) is 0 Å². The van der Waals surface area contributed by atoms with E-state index in [1.54, 1.807) is 7.11 Å². The van der Waals surface area contributed by atoms with Crippen LogP contribution in [0.5, 0.6) is 5.75 Å². The Balaban J connectivity index is 0.00000363. The van der Waals surface area contributed by atoms with Crippen molar-refractivity contribution in [3.05, 3.63) is 29.8 Å². The molecule has 0 aromatic heterocycles. The van der Waals surface area contributed by atoms with E-state index in [0.29, 0.717) is 13.2 Å². The molecule has 3 unspecified atom stereocenters. The predicted molar refractivity (Wildman–Crippen MR) is 140 cm³/mol. The number of aliphatic imine (C=N–C) groups is 1. The standard InChI is InChI=1S/C24H40N4O3.HI/c1-5-25-24(28-13-15-31-23(18-28)22-12-9-14-30-22)26-17-21(27(6-2)7-3)19-10-8-11-20(16-19)29-4;/h8,10-11,16,21-23H,5-7,9,12-15,17-18H2,1-4H3,(H,25,26);1H. The van der Waals surface area contributed by atoms with Crippen molar-refractivity contribution in [1.82, 2.24) is 15.1 Å². The molecule has 2 aliphatic rings. The lowest BCUT2D eigenvalue weighted by Crippen LogP contribution is -2.53. The van der Waals surface area contributed by atoms with Gasteiger partial charge in [0.05, 0.1) is 32.4 Å². The van der Waals surface area contributed by atoms with Gasteiger partial charge in [0.1, 0.15) is 11.9 Å². The quantitative estimate of drug-likeness (QED) is 0.284. The highest BCUT2D eigenvalue weighted by atomic mass is 127. The third-order valence-electron chi connectivity index (χ3n) is 6.25. The van der Waals surface area contributed by atoms with Crippen molar-refractivity contribution in [2.45, 2.75) is 51.9 Å². The van der Waals surface area contributed by atoms with E-state index in [9.17, 15) is 0 Å². The average molecular weight is 561 g/mol. The Bertz CT molecular complexity index is 696. The Kier molecular flexibility index (Phi) is 12.1. The summed E-state index contributed by atoms with van der Waals surface area (Å²) in [5, 5.41) is 3.50. The van der Waals surface area contributed by atoms with Gasteiger partial charge in [-0.1, -0.05) is 26.0 Å². The molecular weight excluding hydrogens is 519 g/mol. The molecule has 0 spiro atoms. The van der Waals surface area contributed by atoms with E-state index >= 15 is 0 Å². The molecule has 0 saturated carbocycles. The Morgan fingerprint density at radius 1 is 1.22 bits per heavy atom. The lowest BCUT2D eigenvalue weighted by atomic mass is 10.0. The third-order valence-corrected chi connectivity index (χ3v) is 6.25. The molecule has 0 radical (unpaired) electrons. The number of halogens is 1. The van der Waals surface area contributed by atoms with Crippen molar-refractivity contribution in [3.8, 4) is 5.75 Å². The average Bonchev–Trinajstić information content (AvgIpc) is 3.36. The SMILES string of the molecule is CCNC(=NCC(c1cccc(OC)c1)N(CC)CC)N1CCOC(C2CCCO2)C1.I. The van der Waals surface area contributed by atoms with E-state index in [1.807, 2.05) is 6.07 Å². The Hall–Kier alpha value is -1.10. The van der Waals surface area contributed by atoms with Crippen molar-refractivity contribution in [2.75, 3.05) is 59.6 Å². The fourth-order valence-electron chi connectivity index (χ4n) is 4.53. The van der Waals surface area contributed by atoms with Crippen LogP contribution in [0, 0.1) is 0 Å². The number of ether oxygens (including phenoxy) is 3. The second kappa shape index (κ2) is 14.2. The van der Waals surface area contributed by atoms with Crippen LogP contribution in [0.4, 0.5) is 0 Å². The first-order chi connectivity index (χ1) is 15.2. The lowest BCUT2D eigenvalue weighted by molar-refractivity contribution is -0.0817. The van der Waals surface area contributed by atoms with Gasteiger partial charge < -0.3 is 24.4 Å². The van der Waals surface area contributed by atoms with E-state index < -0.39 is 0 Å². The summed E-state index contributed by atoms with van der Waals surface area (Å²) >= 11 is 0. The highest BCUT2D eigenvalue weighted by Gasteiger charge is 2.32. The molecule has 3 atom stereocenters. The van der Waals surface area contributed by atoms with Crippen molar-refractivity contribution in [1.29, 1.82) is 0 Å². The third kappa shape index (κ3) is 7.20. The van der Waals surface area contributed by atoms with Crippen molar-refractivity contribution >= 4 is 29.9 Å². The zero-order chi connectivity index (χ0) is 22.1. The van der Waals surface area contributed by atoms with Crippen LogP contribution in [0.1, 0.15) is 45.2 Å². The maximum absolute atomic E-state index is 6.04. The number of hydrogen-bond acceptors (Lipinski definition) is 5. The van der Waals surface area contributed by atoms with Crippen molar-refractivity contribution in [3.63, 3.8) is 0 Å². The summed E-state index contributed by atoms with van der Waals surface area (Å²) in [5.74, 6) is 1.85. The second-order valence-corrected chi connectivity index (χ2v) is 8.11. The fraction of sp³-hybridized carbons (Fsp3) is 0.708. The number of likely N-dealkylation sites (N-methyl/N-ethyl adjacent to an activating group) is 1. The zero-order valence-electron chi connectivity index (χ0n) is 20.1. The van der Waals surface area contributed by atoms with Gasteiger partial charge in [-0.15, -0.1) is 24.0 Å². The topological polar surface area (TPSA) is 58.6 Å². The molecule has 2 aliphatic heterocycles.